The van der Waals surface area contributed by atoms with Crippen molar-refractivity contribution in [3.8, 4) is 11.5 Å². The Kier molecular flexibility index (Phi) is 10.6. The summed E-state index contributed by atoms with van der Waals surface area (Å²) in [5.41, 5.74) is 3.32. The van der Waals surface area contributed by atoms with Gasteiger partial charge in [-0.3, -0.25) is 9.59 Å². The van der Waals surface area contributed by atoms with E-state index in [2.05, 4.69) is 0 Å². The lowest BCUT2D eigenvalue weighted by molar-refractivity contribution is -0.137. The van der Waals surface area contributed by atoms with E-state index in [1.165, 1.54) is 0 Å². The van der Waals surface area contributed by atoms with Crippen molar-refractivity contribution in [2.75, 3.05) is 13.2 Å². The number of ether oxygens (including phenoxy) is 2. The van der Waals surface area contributed by atoms with Crippen molar-refractivity contribution in [1.82, 2.24) is 4.57 Å². The lowest BCUT2D eigenvalue weighted by Crippen LogP contribution is -2.03. The van der Waals surface area contributed by atoms with Crippen LogP contribution in [0.4, 0.5) is 8.78 Å². The van der Waals surface area contributed by atoms with Crippen LogP contribution in [0.25, 0.3) is 23.1 Å². The van der Waals surface area contributed by atoms with Crippen LogP contribution in [0.5, 0.6) is 11.5 Å². The fourth-order valence-corrected chi connectivity index (χ4v) is 4.73. The molecular weight excluding hydrogens is 568 g/mol. The van der Waals surface area contributed by atoms with E-state index in [0.717, 1.165) is 28.1 Å². The normalized spacial score (nSPS) is 11.3. The number of carboxylic acid groups (broad SMARTS) is 2. The second-order valence-corrected chi connectivity index (χ2v) is 10.0. The molecule has 0 fully saturated rings. The molecule has 0 bridgehead atoms. The van der Waals surface area contributed by atoms with Crippen molar-refractivity contribution < 1.29 is 38.1 Å². The summed E-state index contributed by atoms with van der Waals surface area (Å²) in [6, 6.07) is 15.0. The minimum atomic E-state index is -0.937. The Morgan fingerprint density at radius 1 is 0.905 bits per heavy atom. The molecule has 1 aromatic heterocycles. The molecule has 0 aliphatic carbocycles. The Labute approximate surface area is 246 Å². The maximum atomic E-state index is 13.5. The Balaban J connectivity index is 1.33. The lowest BCUT2D eigenvalue weighted by Gasteiger charge is -2.09. The fourth-order valence-electron chi connectivity index (χ4n) is 4.57. The number of unbranched alkanes of at least 4 members (excludes halogenated alkanes) is 1. The Morgan fingerprint density at radius 2 is 1.64 bits per heavy atom. The van der Waals surface area contributed by atoms with Crippen molar-refractivity contribution in [1.29, 1.82) is 0 Å². The molecule has 0 aliphatic heterocycles. The Bertz CT molecular complexity index is 1580. The number of carbonyl (C=O) groups is 2. The van der Waals surface area contributed by atoms with Gasteiger partial charge in [0.05, 0.1) is 19.6 Å². The van der Waals surface area contributed by atoms with Crippen LogP contribution in [0.15, 0.2) is 60.8 Å². The zero-order valence-electron chi connectivity index (χ0n) is 22.7. The van der Waals surface area contributed by atoms with E-state index in [0.29, 0.717) is 49.8 Å². The maximum absolute atomic E-state index is 13.5. The van der Waals surface area contributed by atoms with E-state index in [1.807, 2.05) is 59.2 Å². The molecule has 0 spiro atoms. The molecule has 0 aliphatic rings. The molecule has 220 valence electrons. The summed E-state index contributed by atoms with van der Waals surface area (Å²) in [6.45, 7) is 1.15. The quantitative estimate of drug-likeness (QED) is 0.0838. The minimum absolute atomic E-state index is 0.0265. The van der Waals surface area contributed by atoms with Crippen LogP contribution in [0, 0.1) is 11.6 Å². The van der Waals surface area contributed by atoms with Gasteiger partial charge in [-0.15, -0.1) is 0 Å². The van der Waals surface area contributed by atoms with Crippen LogP contribution < -0.4 is 9.47 Å². The molecule has 0 saturated heterocycles. The van der Waals surface area contributed by atoms with E-state index < -0.39 is 23.6 Å². The van der Waals surface area contributed by atoms with Crippen LogP contribution in [-0.2, 0) is 22.6 Å². The number of halogens is 3. The van der Waals surface area contributed by atoms with Gasteiger partial charge in [0.15, 0.2) is 0 Å². The van der Waals surface area contributed by atoms with Crippen molar-refractivity contribution in [3.63, 3.8) is 0 Å². The van der Waals surface area contributed by atoms with Gasteiger partial charge in [-0.2, -0.15) is 0 Å². The summed E-state index contributed by atoms with van der Waals surface area (Å²) >= 11 is 5.80. The van der Waals surface area contributed by atoms with Gasteiger partial charge >= 0.3 is 11.9 Å². The molecule has 0 amide bonds. The second kappa shape index (κ2) is 14.5. The summed E-state index contributed by atoms with van der Waals surface area (Å²) < 4.78 is 39.9. The molecule has 42 heavy (non-hydrogen) atoms. The first kappa shape index (κ1) is 30.6. The first-order valence-corrected chi connectivity index (χ1v) is 13.8. The number of aryl methyl sites for hydroxylation is 1. The van der Waals surface area contributed by atoms with Gasteiger partial charge in [0, 0.05) is 42.2 Å². The standard InChI is InChI=1S/C32H30ClF2NO6/c33-32-26(35)18-24(34)19-28(32)42-16-2-1-15-41-25-12-9-21(10-13-25)8-11-22-5-3-6-27-31(22)23(17-30(39)40)20-36(27)14-4-7-29(37)38/h3,5-6,8-13,18-20H,1-2,4,7,14-17H2,(H,37,38)(H,39,40)/b11-8+. The van der Waals surface area contributed by atoms with Gasteiger partial charge in [0.2, 0.25) is 0 Å². The van der Waals surface area contributed by atoms with Gasteiger partial charge in [0.1, 0.15) is 28.2 Å². The zero-order chi connectivity index (χ0) is 30.1. The third-order valence-corrected chi connectivity index (χ3v) is 6.88. The van der Waals surface area contributed by atoms with Crippen molar-refractivity contribution in [2.24, 2.45) is 0 Å². The number of hydrogen-bond donors (Lipinski definition) is 2. The number of benzene rings is 3. The molecule has 0 unspecified atom stereocenters. The van der Waals surface area contributed by atoms with Crippen LogP contribution in [0.3, 0.4) is 0 Å². The molecule has 7 nitrogen and oxygen atoms in total. The van der Waals surface area contributed by atoms with E-state index in [9.17, 15) is 23.5 Å². The number of carboxylic acids is 2. The molecule has 4 rings (SSSR count). The molecule has 0 saturated carbocycles. The summed E-state index contributed by atoms with van der Waals surface area (Å²) in [7, 11) is 0. The highest BCUT2D eigenvalue weighted by atomic mass is 35.5. The predicted octanol–water partition coefficient (Wildman–Crippen LogP) is 7.47. The monoisotopic (exact) mass is 597 g/mol. The van der Waals surface area contributed by atoms with Gasteiger partial charge in [-0.05, 0) is 54.2 Å². The second-order valence-electron chi connectivity index (χ2n) is 9.66. The van der Waals surface area contributed by atoms with Gasteiger partial charge in [0.25, 0.3) is 0 Å². The van der Waals surface area contributed by atoms with E-state index in [4.69, 9.17) is 26.2 Å². The van der Waals surface area contributed by atoms with Crippen LogP contribution in [-0.4, -0.2) is 39.9 Å². The number of rotatable bonds is 15. The van der Waals surface area contributed by atoms with Crippen molar-refractivity contribution in [2.45, 2.75) is 38.6 Å². The number of aromatic nitrogens is 1. The molecular formula is C32H30ClF2NO6. The fraction of sp³-hybridized carbons (Fsp3) is 0.250. The zero-order valence-corrected chi connectivity index (χ0v) is 23.4. The largest absolute Gasteiger partial charge is 0.494 e. The number of hydrogen-bond acceptors (Lipinski definition) is 4. The van der Waals surface area contributed by atoms with E-state index in [1.54, 1.807) is 6.20 Å². The SMILES string of the molecule is O=C(O)CCCn1cc(CC(=O)O)c2c(/C=C/c3ccc(OCCCCOc4cc(F)cc(F)c4Cl)cc3)cccc21. The van der Waals surface area contributed by atoms with Crippen LogP contribution >= 0.6 is 11.6 Å². The van der Waals surface area contributed by atoms with Crippen LogP contribution in [0.1, 0.15) is 42.4 Å². The molecule has 0 atom stereocenters. The molecule has 0 radical (unpaired) electrons. The average molecular weight is 598 g/mol. The summed E-state index contributed by atoms with van der Waals surface area (Å²) in [4.78, 5) is 22.4. The first-order chi connectivity index (χ1) is 20.2. The highest BCUT2D eigenvalue weighted by Gasteiger charge is 2.14. The topological polar surface area (TPSA) is 98.0 Å². The van der Waals surface area contributed by atoms with Gasteiger partial charge in [-0.25, -0.2) is 8.78 Å². The lowest BCUT2D eigenvalue weighted by atomic mass is 10.0. The molecule has 1 heterocycles. The van der Waals surface area contributed by atoms with Crippen molar-refractivity contribution >= 4 is 46.6 Å². The molecule has 10 heteroatoms. The summed E-state index contributed by atoms with van der Waals surface area (Å²) in [5, 5.41) is 19.0. The van der Waals surface area contributed by atoms with Gasteiger partial charge in [-0.1, -0.05) is 48.0 Å². The van der Waals surface area contributed by atoms with Gasteiger partial charge < -0.3 is 24.3 Å². The first-order valence-electron chi connectivity index (χ1n) is 13.4. The molecule has 4 aromatic rings. The Morgan fingerprint density at radius 3 is 2.36 bits per heavy atom. The van der Waals surface area contributed by atoms with Crippen LogP contribution in [0.2, 0.25) is 5.02 Å². The summed E-state index contributed by atoms with van der Waals surface area (Å²) in [6.07, 6.45) is 7.27. The predicted molar refractivity (Wildman–Crippen MR) is 157 cm³/mol. The third kappa shape index (κ3) is 8.33. The third-order valence-electron chi connectivity index (χ3n) is 6.51. The maximum Gasteiger partial charge on any atom is 0.307 e. The average Bonchev–Trinajstić information content (AvgIpc) is 3.29. The van der Waals surface area contributed by atoms with E-state index in [-0.39, 0.29) is 30.2 Å². The number of aliphatic carboxylic acids is 2. The number of nitrogens with zero attached hydrogens (tertiary/aromatic N) is 1. The highest BCUT2D eigenvalue weighted by Crippen LogP contribution is 2.29. The molecule has 3 aromatic carbocycles. The number of fused-ring (bicyclic) bond motifs is 1. The summed E-state index contributed by atoms with van der Waals surface area (Å²) in [5.74, 6) is -2.76. The highest BCUT2D eigenvalue weighted by molar-refractivity contribution is 6.32. The Hall–Kier alpha value is -4.37. The smallest absolute Gasteiger partial charge is 0.307 e. The van der Waals surface area contributed by atoms with E-state index >= 15 is 0 Å². The van der Waals surface area contributed by atoms with Crippen molar-refractivity contribution in [3.05, 3.63) is 94.1 Å². The molecule has 2 N–H and O–H groups in total. The minimum Gasteiger partial charge on any atom is -0.494 e.